The van der Waals surface area contributed by atoms with Crippen LogP contribution in [0, 0.1) is 0 Å². The standard InChI is InChI=1S/C16H14ClNO2S/c1-20-14-8-2-11(3-9-14)16-18(10-15(19)21-16)13-6-4-12(17)5-7-13/h2-9,16H,10H2,1H3/t16-/m1/s1. The van der Waals surface area contributed by atoms with Gasteiger partial charge in [-0.3, -0.25) is 4.79 Å². The van der Waals surface area contributed by atoms with Gasteiger partial charge in [0.15, 0.2) is 0 Å². The molecule has 0 unspecified atom stereocenters. The van der Waals surface area contributed by atoms with Gasteiger partial charge in [-0.25, -0.2) is 0 Å². The number of thioether (sulfide) groups is 1. The van der Waals surface area contributed by atoms with Gasteiger partial charge in [-0.2, -0.15) is 0 Å². The highest BCUT2D eigenvalue weighted by Gasteiger charge is 2.32. The summed E-state index contributed by atoms with van der Waals surface area (Å²) >= 11 is 7.28. The van der Waals surface area contributed by atoms with Crippen LogP contribution >= 0.6 is 23.4 Å². The lowest BCUT2D eigenvalue weighted by Gasteiger charge is -2.25. The molecule has 108 valence electrons. The Labute approximate surface area is 132 Å². The number of ether oxygens (including phenoxy) is 1. The van der Waals surface area contributed by atoms with Gasteiger partial charge in [0.1, 0.15) is 11.1 Å². The molecule has 0 amide bonds. The molecular weight excluding hydrogens is 306 g/mol. The molecule has 1 fully saturated rings. The van der Waals surface area contributed by atoms with Gasteiger partial charge in [-0.05, 0) is 42.0 Å². The van der Waals surface area contributed by atoms with Gasteiger partial charge in [-0.15, -0.1) is 0 Å². The van der Waals surface area contributed by atoms with E-state index in [1.54, 1.807) is 7.11 Å². The molecule has 0 N–H and O–H groups in total. The summed E-state index contributed by atoms with van der Waals surface area (Å²) in [5.74, 6) is 0.811. The normalized spacial score (nSPS) is 18.1. The van der Waals surface area contributed by atoms with E-state index in [1.807, 2.05) is 48.5 Å². The number of benzene rings is 2. The molecule has 1 aliphatic rings. The van der Waals surface area contributed by atoms with Crippen LogP contribution in [-0.2, 0) is 4.79 Å². The van der Waals surface area contributed by atoms with E-state index in [9.17, 15) is 4.79 Å². The van der Waals surface area contributed by atoms with Crippen molar-refractivity contribution in [1.29, 1.82) is 0 Å². The Morgan fingerprint density at radius 3 is 2.43 bits per heavy atom. The average molecular weight is 320 g/mol. The number of hydrogen-bond donors (Lipinski definition) is 0. The second kappa shape index (κ2) is 6.00. The number of methoxy groups -OCH3 is 1. The average Bonchev–Trinajstić information content (AvgIpc) is 2.90. The van der Waals surface area contributed by atoms with Crippen LogP contribution in [-0.4, -0.2) is 18.8 Å². The zero-order chi connectivity index (χ0) is 14.8. The van der Waals surface area contributed by atoms with Crippen LogP contribution in [0.15, 0.2) is 48.5 Å². The van der Waals surface area contributed by atoms with E-state index in [-0.39, 0.29) is 10.5 Å². The molecule has 2 aromatic rings. The SMILES string of the molecule is COc1ccc([C@H]2SC(=O)CN2c2ccc(Cl)cc2)cc1. The van der Waals surface area contributed by atoms with Gasteiger partial charge < -0.3 is 9.64 Å². The Bertz CT molecular complexity index is 642. The predicted octanol–water partition coefficient (Wildman–Crippen LogP) is 4.13. The van der Waals surface area contributed by atoms with Crippen LogP contribution in [0.5, 0.6) is 5.75 Å². The Balaban J connectivity index is 1.91. The first kappa shape index (κ1) is 14.3. The molecular formula is C16H14ClNO2S. The van der Waals surface area contributed by atoms with Crippen molar-refractivity contribution in [3.05, 3.63) is 59.1 Å². The summed E-state index contributed by atoms with van der Waals surface area (Å²) < 4.78 is 5.18. The summed E-state index contributed by atoms with van der Waals surface area (Å²) in [5, 5.41) is 0.855. The molecule has 1 atom stereocenters. The third-order valence-corrected chi connectivity index (χ3v) is 4.78. The number of anilines is 1. The van der Waals surface area contributed by atoms with E-state index in [1.165, 1.54) is 11.8 Å². The van der Waals surface area contributed by atoms with Crippen molar-refractivity contribution in [2.24, 2.45) is 0 Å². The Kier molecular flexibility index (Phi) is 4.08. The number of carbonyl (C=O) groups is 1. The second-order valence-corrected chi connectivity index (χ2v) is 6.29. The third-order valence-electron chi connectivity index (χ3n) is 3.38. The minimum atomic E-state index is -0.00965. The first-order valence-electron chi connectivity index (χ1n) is 6.53. The van der Waals surface area contributed by atoms with Crippen molar-refractivity contribution in [3.63, 3.8) is 0 Å². The maximum absolute atomic E-state index is 11.9. The summed E-state index contributed by atoms with van der Waals surface area (Å²) in [5.41, 5.74) is 2.08. The zero-order valence-corrected chi connectivity index (χ0v) is 13.0. The number of nitrogens with zero attached hydrogens (tertiary/aromatic N) is 1. The van der Waals surface area contributed by atoms with Crippen LogP contribution in [0.2, 0.25) is 5.02 Å². The Hall–Kier alpha value is -1.65. The molecule has 0 aromatic heterocycles. The highest BCUT2D eigenvalue weighted by Crippen LogP contribution is 2.42. The van der Waals surface area contributed by atoms with Crippen LogP contribution < -0.4 is 9.64 Å². The van der Waals surface area contributed by atoms with Gasteiger partial charge in [0.05, 0.1) is 13.7 Å². The minimum Gasteiger partial charge on any atom is -0.497 e. The van der Waals surface area contributed by atoms with Crippen molar-refractivity contribution in [2.75, 3.05) is 18.6 Å². The highest BCUT2D eigenvalue weighted by molar-refractivity contribution is 8.14. The first-order valence-corrected chi connectivity index (χ1v) is 7.79. The van der Waals surface area contributed by atoms with Gasteiger partial charge in [0.25, 0.3) is 0 Å². The third kappa shape index (κ3) is 3.01. The van der Waals surface area contributed by atoms with Crippen molar-refractivity contribution < 1.29 is 9.53 Å². The monoisotopic (exact) mass is 319 g/mol. The van der Waals surface area contributed by atoms with E-state index < -0.39 is 0 Å². The van der Waals surface area contributed by atoms with E-state index in [0.29, 0.717) is 11.6 Å². The van der Waals surface area contributed by atoms with E-state index in [0.717, 1.165) is 17.0 Å². The quantitative estimate of drug-likeness (QED) is 0.851. The zero-order valence-electron chi connectivity index (χ0n) is 11.5. The van der Waals surface area contributed by atoms with Crippen LogP contribution in [0.3, 0.4) is 0 Å². The van der Waals surface area contributed by atoms with E-state index >= 15 is 0 Å². The lowest BCUT2D eigenvalue weighted by atomic mass is 10.2. The van der Waals surface area contributed by atoms with Crippen LogP contribution in [0.25, 0.3) is 0 Å². The predicted molar refractivity (Wildman–Crippen MR) is 87.1 cm³/mol. The molecule has 1 aliphatic heterocycles. The fourth-order valence-corrected chi connectivity index (χ4v) is 3.53. The maximum atomic E-state index is 11.9. The number of rotatable bonds is 3. The lowest BCUT2D eigenvalue weighted by Crippen LogP contribution is -2.22. The molecule has 0 radical (unpaired) electrons. The van der Waals surface area contributed by atoms with Crippen molar-refractivity contribution in [1.82, 2.24) is 0 Å². The van der Waals surface area contributed by atoms with Gasteiger partial charge in [0, 0.05) is 10.7 Å². The molecule has 3 nitrogen and oxygen atoms in total. The van der Waals surface area contributed by atoms with Crippen molar-refractivity contribution >= 4 is 34.2 Å². The van der Waals surface area contributed by atoms with Gasteiger partial charge in [0.2, 0.25) is 5.12 Å². The smallest absolute Gasteiger partial charge is 0.210 e. The van der Waals surface area contributed by atoms with Crippen molar-refractivity contribution in [3.8, 4) is 5.75 Å². The summed E-state index contributed by atoms with van der Waals surface area (Å²) in [6.45, 7) is 0.406. The highest BCUT2D eigenvalue weighted by atomic mass is 35.5. The molecule has 0 bridgehead atoms. The van der Waals surface area contributed by atoms with Crippen LogP contribution in [0.4, 0.5) is 5.69 Å². The van der Waals surface area contributed by atoms with E-state index in [4.69, 9.17) is 16.3 Å². The first-order chi connectivity index (χ1) is 10.2. The number of hydrogen-bond acceptors (Lipinski definition) is 4. The topological polar surface area (TPSA) is 29.5 Å². The summed E-state index contributed by atoms with van der Waals surface area (Å²) in [4.78, 5) is 14.0. The summed E-state index contributed by atoms with van der Waals surface area (Å²) in [6.07, 6.45) is 0. The number of carbonyl (C=O) groups excluding carboxylic acids is 1. The Morgan fingerprint density at radius 2 is 1.81 bits per heavy atom. The summed E-state index contributed by atoms with van der Waals surface area (Å²) in [7, 11) is 1.64. The number of halogens is 1. The minimum absolute atomic E-state index is 0.00965. The van der Waals surface area contributed by atoms with Crippen LogP contribution in [0.1, 0.15) is 10.9 Å². The Morgan fingerprint density at radius 1 is 1.14 bits per heavy atom. The molecule has 1 heterocycles. The molecule has 2 aromatic carbocycles. The van der Waals surface area contributed by atoms with Crippen molar-refractivity contribution in [2.45, 2.75) is 5.37 Å². The molecule has 0 spiro atoms. The second-order valence-electron chi connectivity index (χ2n) is 4.72. The maximum Gasteiger partial charge on any atom is 0.210 e. The molecule has 21 heavy (non-hydrogen) atoms. The fourth-order valence-electron chi connectivity index (χ4n) is 2.32. The van der Waals surface area contributed by atoms with Gasteiger partial charge in [-0.1, -0.05) is 35.5 Å². The molecule has 0 aliphatic carbocycles. The largest absolute Gasteiger partial charge is 0.497 e. The molecule has 0 saturated carbocycles. The summed E-state index contributed by atoms with van der Waals surface area (Å²) in [6, 6.07) is 15.4. The lowest BCUT2D eigenvalue weighted by molar-refractivity contribution is -0.109. The molecule has 1 saturated heterocycles. The molecule has 3 rings (SSSR count). The van der Waals surface area contributed by atoms with E-state index in [2.05, 4.69) is 4.90 Å². The molecule has 5 heteroatoms. The fraction of sp³-hybridized carbons (Fsp3) is 0.188. The van der Waals surface area contributed by atoms with Gasteiger partial charge >= 0.3 is 0 Å².